The number of carboxylic acids is 1. The number of carboxylic acid groups (broad SMARTS) is 1. The van der Waals surface area contributed by atoms with Crippen LogP contribution in [0.15, 0.2) is 18.2 Å². The molecule has 0 radical (unpaired) electrons. The van der Waals surface area contributed by atoms with Crippen molar-refractivity contribution in [2.24, 2.45) is 17.8 Å². The zero-order valence-corrected chi connectivity index (χ0v) is 17.7. The summed E-state index contributed by atoms with van der Waals surface area (Å²) in [6, 6.07) is 5.79. The molecule has 0 bridgehead atoms. The van der Waals surface area contributed by atoms with E-state index in [2.05, 4.69) is 6.07 Å². The molecule has 2 N–H and O–H groups in total. The first-order chi connectivity index (χ1) is 14.4. The number of aliphatic hydroxyl groups is 1. The zero-order valence-electron chi connectivity index (χ0n) is 17.7. The van der Waals surface area contributed by atoms with Crippen molar-refractivity contribution < 1.29 is 34.0 Å². The molecule has 3 rings (SSSR count). The van der Waals surface area contributed by atoms with E-state index in [0.29, 0.717) is 30.4 Å². The van der Waals surface area contributed by atoms with Crippen molar-refractivity contribution in [3.8, 4) is 5.75 Å². The molecule has 1 aromatic carbocycles. The number of rotatable bonds is 9. The average molecular weight is 421 g/mol. The van der Waals surface area contributed by atoms with Gasteiger partial charge in [0.25, 0.3) is 0 Å². The van der Waals surface area contributed by atoms with Gasteiger partial charge in [-0.05, 0) is 80.4 Å². The lowest BCUT2D eigenvalue weighted by Crippen LogP contribution is -2.28. The number of fused-ring (bicyclic) bond motifs is 2. The molecule has 0 heterocycles. The van der Waals surface area contributed by atoms with Gasteiger partial charge in [0.05, 0.1) is 12.7 Å². The predicted octanol–water partition coefficient (Wildman–Crippen LogP) is 3.59. The number of ether oxygens (including phenoxy) is 3. The number of aliphatic carboxylic acids is 1. The Labute approximate surface area is 177 Å². The van der Waals surface area contributed by atoms with E-state index in [1.54, 1.807) is 6.92 Å². The maximum atomic E-state index is 11.6. The highest BCUT2D eigenvalue weighted by atomic mass is 16.7. The molecule has 166 valence electrons. The lowest BCUT2D eigenvalue weighted by molar-refractivity contribution is -0.139. The summed E-state index contributed by atoms with van der Waals surface area (Å²) < 4.78 is 15.8. The second-order valence-electron chi connectivity index (χ2n) is 8.28. The van der Waals surface area contributed by atoms with Crippen LogP contribution >= 0.6 is 0 Å². The van der Waals surface area contributed by atoms with Gasteiger partial charge in [-0.2, -0.15) is 0 Å². The van der Waals surface area contributed by atoms with Crippen LogP contribution in [0.4, 0.5) is 4.79 Å². The Balaban J connectivity index is 1.65. The second kappa shape index (κ2) is 10.2. The molecule has 0 aromatic heterocycles. The summed E-state index contributed by atoms with van der Waals surface area (Å²) in [6.07, 6.45) is 3.37. The number of aliphatic hydroxyl groups excluding tert-OH is 1. The van der Waals surface area contributed by atoms with Gasteiger partial charge in [0.1, 0.15) is 11.9 Å². The van der Waals surface area contributed by atoms with E-state index in [1.165, 1.54) is 5.56 Å². The highest BCUT2D eigenvalue weighted by molar-refractivity contribution is 5.68. The Hall–Kier alpha value is -2.28. The molecular formula is C23H32O7. The van der Waals surface area contributed by atoms with Gasteiger partial charge in [-0.1, -0.05) is 19.1 Å². The van der Waals surface area contributed by atoms with Crippen molar-refractivity contribution in [3.05, 3.63) is 29.3 Å². The number of hydrogen-bond acceptors (Lipinski definition) is 6. The number of carbonyl (C=O) groups excluding carboxylic acids is 1. The van der Waals surface area contributed by atoms with Crippen molar-refractivity contribution in [2.75, 3.05) is 13.2 Å². The molecule has 2 aliphatic carbocycles. The lowest BCUT2D eigenvalue weighted by Gasteiger charge is -2.32. The quantitative estimate of drug-likeness (QED) is 0.589. The average Bonchev–Trinajstić information content (AvgIpc) is 3.02. The molecule has 1 fully saturated rings. The fourth-order valence-corrected chi connectivity index (χ4v) is 5.09. The molecular weight excluding hydrogens is 388 g/mol. The van der Waals surface area contributed by atoms with Crippen LogP contribution < -0.4 is 4.74 Å². The van der Waals surface area contributed by atoms with E-state index >= 15 is 0 Å². The van der Waals surface area contributed by atoms with E-state index in [-0.39, 0.29) is 31.3 Å². The van der Waals surface area contributed by atoms with Gasteiger partial charge in [0.15, 0.2) is 6.61 Å². The van der Waals surface area contributed by atoms with Crippen molar-refractivity contribution in [3.63, 3.8) is 0 Å². The maximum absolute atomic E-state index is 11.6. The third-order valence-corrected chi connectivity index (χ3v) is 6.50. The third kappa shape index (κ3) is 5.25. The van der Waals surface area contributed by atoms with Gasteiger partial charge < -0.3 is 24.4 Å². The molecule has 0 saturated heterocycles. The predicted molar refractivity (Wildman–Crippen MR) is 109 cm³/mol. The van der Waals surface area contributed by atoms with Gasteiger partial charge in [0.2, 0.25) is 0 Å². The van der Waals surface area contributed by atoms with E-state index in [0.717, 1.165) is 31.2 Å². The Morgan fingerprint density at radius 3 is 2.73 bits per heavy atom. The molecule has 0 spiro atoms. The number of hydrogen-bond donors (Lipinski definition) is 2. The second-order valence-corrected chi connectivity index (χ2v) is 8.28. The first kappa shape index (κ1) is 22.4. The molecule has 0 unspecified atom stereocenters. The van der Waals surface area contributed by atoms with E-state index in [4.69, 9.17) is 19.3 Å². The van der Waals surface area contributed by atoms with Crippen LogP contribution in [-0.2, 0) is 27.1 Å². The molecule has 1 saturated carbocycles. The largest absolute Gasteiger partial charge is 0.508 e. The normalized spacial score (nSPS) is 25.7. The van der Waals surface area contributed by atoms with Crippen LogP contribution in [0.2, 0.25) is 0 Å². The Morgan fingerprint density at radius 1 is 1.23 bits per heavy atom. The standard InChI is InChI=1S/C23H32O7/c1-3-16(30-23(27)28-4-2)8-9-17-18-10-14-6-5-7-21(29-13-22(25)26)19(14)11-15(18)12-20(17)24/h5-7,15-18,20,24H,3-4,8-13H2,1-2H3,(H,25,26)/t15-,16-,17+,18-,20+/m0/s1. The van der Waals surface area contributed by atoms with Crippen molar-refractivity contribution in [1.29, 1.82) is 0 Å². The Morgan fingerprint density at radius 2 is 2.03 bits per heavy atom. The summed E-state index contributed by atoms with van der Waals surface area (Å²) in [5.41, 5.74) is 2.25. The fourth-order valence-electron chi connectivity index (χ4n) is 5.09. The van der Waals surface area contributed by atoms with Crippen molar-refractivity contribution in [2.45, 2.75) is 64.6 Å². The van der Waals surface area contributed by atoms with E-state index in [1.807, 2.05) is 19.1 Å². The molecule has 2 aliphatic rings. The maximum Gasteiger partial charge on any atom is 0.508 e. The topological polar surface area (TPSA) is 102 Å². The first-order valence-electron chi connectivity index (χ1n) is 10.9. The Kier molecular flexibility index (Phi) is 7.58. The molecule has 0 aliphatic heterocycles. The Bertz CT molecular complexity index is 747. The molecule has 1 aromatic rings. The van der Waals surface area contributed by atoms with Crippen LogP contribution in [0, 0.1) is 17.8 Å². The van der Waals surface area contributed by atoms with Gasteiger partial charge >= 0.3 is 12.1 Å². The smallest absolute Gasteiger partial charge is 0.482 e. The van der Waals surface area contributed by atoms with E-state index in [9.17, 15) is 14.7 Å². The molecule has 5 atom stereocenters. The van der Waals surface area contributed by atoms with Crippen LogP contribution in [0.5, 0.6) is 5.75 Å². The minimum Gasteiger partial charge on any atom is -0.482 e. The van der Waals surface area contributed by atoms with Crippen LogP contribution in [0.1, 0.15) is 50.7 Å². The van der Waals surface area contributed by atoms with Crippen molar-refractivity contribution in [1.82, 2.24) is 0 Å². The highest BCUT2D eigenvalue weighted by Crippen LogP contribution is 2.48. The minimum atomic E-state index is -0.992. The SMILES string of the molecule is CCOC(=O)O[C@@H](CC)CC[C@@H]1[C@H]2Cc3cccc(OCC(=O)O)c3C[C@H]2C[C@H]1O. The zero-order chi connectivity index (χ0) is 21.7. The van der Waals surface area contributed by atoms with E-state index < -0.39 is 12.1 Å². The molecule has 7 nitrogen and oxygen atoms in total. The molecule has 7 heteroatoms. The number of benzene rings is 1. The van der Waals surface area contributed by atoms with Crippen LogP contribution in [-0.4, -0.2) is 47.8 Å². The lowest BCUT2D eigenvalue weighted by atomic mass is 9.73. The summed E-state index contributed by atoms with van der Waals surface area (Å²) in [6.45, 7) is 3.66. The van der Waals surface area contributed by atoms with Gasteiger partial charge in [0, 0.05) is 0 Å². The summed E-state index contributed by atoms with van der Waals surface area (Å²) in [7, 11) is 0. The third-order valence-electron chi connectivity index (χ3n) is 6.50. The van der Waals surface area contributed by atoms with Crippen LogP contribution in [0.25, 0.3) is 0 Å². The summed E-state index contributed by atoms with van der Waals surface area (Å²) in [4.78, 5) is 22.5. The van der Waals surface area contributed by atoms with Gasteiger partial charge in [-0.15, -0.1) is 0 Å². The monoisotopic (exact) mass is 420 g/mol. The summed E-state index contributed by atoms with van der Waals surface area (Å²) >= 11 is 0. The minimum absolute atomic E-state index is 0.159. The summed E-state index contributed by atoms with van der Waals surface area (Å²) in [5.74, 6) is 0.514. The van der Waals surface area contributed by atoms with Gasteiger partial charge in [-0.25, -0.2) is 9.59 Å². The first-order valence-corrected chi connectivity index (χ1v) is 10.9. The molecule has 0 amide bonds. The highest BCUT2D eigenvalue weighted by Gasteiger charge is 2.45. The van der Waals surface area contributed by atoms with Crippen LogP contribution in [0.3, 0.4) is 0 Å². The fraction of sp³-hybridized carbons (Fsp3) is 0.652. The molecule has 30 heavy (non-hydrogen) atoms. The van der Waals surface area contributed by atoms with Crippen molar-refractivity contribution >= 4 is 12.1 Å². The number of carbonyl (C=O) groups is 2. The summed E-state index contributed by atoms with van der Waals surface area (Å²) in [5, 5.41) is 19.7. The van der Waals surface area contributed by atoms with Gasteiger partial charge in [-0.3, -0.25) is 0 Å².